The second-order valence-corrected chi connectivity index (χ2v) is 6.36. The van der Waals surface area contributed by atoms with Crippen LogP contribution in [0.25, 0.3) is 0 Å². The van der Waals surface area contributed by atoms with E-state index in [0.717, 1.165) is 25.2 Å². The average molecular weight is 293 g/mol. The van der Waals surface area contributed by atoms with E-state index >= 15 is 0 Å². The van der Waals surface area contributed by atoms with Crippen molar-refractivity contribution in [3.8, 4) is 0 Å². The molecular weight excluding hydrogens is 270 g/mol. The van der Waals surface area contributed by atoms with Crippen LogP contribution < -0.4 is 11.1 Å². The molecule has 1 saturated heterocycles. The number of hydrogen-bond donors (Lipinski definition) is 2. The number of nitrogens with zero attached hydrogens (tertiary/aromatic N) is 1. The Morgan fingerprint density at radius 3 is 2.65 bits per heavy atom. The van der Waals surface area contributed by atoms with Crippen molar-refractivity contribution in [1.29, 1.82) is 0 Å². The Hall–Kier alpha value is -1.04. The fourth-order valence-electron chi connectivity index (χ4n) is 2.20. The molecule has 0 spiro atoms. The summed E-state index contributed by atoms with van der Waals surface area (Å²) < 4.78 is 0. The van der Waals surface area contributed by atoms with Gasteiger partial charge in [-0.1, -0.05) is 29.8 Å². The van der Waals surface area contributed by atoms with Crippen LogP contribution in [0.3, 0.4) is 0 Å². The zero-order chi connectivity index (χ0) is 14.4. The van der Waals surface area contributed by atoms with Gasteiger partial charge in [-0.25, -0.2) is 0 Å². The van der Waals surface area contributed by atoms with E-state index in [9.17, 15) is 4.79 Å². The monoisotopic (exact) mass is 293 g/mol. The highest BCUT2D eigenvalue weighted by Crippen LogP contribution is 2.11. The fourth-order valence-corrected chi connectivity index (χ4v) is 3.18. The van der Waals surface area contributed by atoms with E-state index in [4.69, 9.17) is 5.73 Å². The zero-order valence-corrected chi connectivity index (χ0v) is 12.8. The maximum absolute atomic E-state index is 12.0. The van der Waals surface area contributed by atoms with Gasteiger partial charge in [0.1, 0.15) is 6.04 Å². The van der Waals surface area contributed by atoms with Crippen molar-refractivity contribution >= 4 is 17.7 Å². The molecule has 1 aliphatic heterocycles. The largest absolute Gasteiger partial charge is 0.353 e. The molecule has 0 aliphatic carbocycles. The molecule has 1 heterocycles. The summed E-state index contributed by atoms with van der Waals surface area (Å²) in [4.78, 5) is 14.4. The van der Waals surface area contributed by atoms with Gasteiger partial charge in [0, 0.05) is 37.7 Å². The number of thioether (sulfide) groups is 1. The molecule has 4 nitrogen and oxygen atoms in total. The molecule has 1 aromatic rings. The van der Waals surface area contributed by atoms with Gasteiger partial charge in [-0.15, -0.1) is 0 Å². The van der Waals surface area contributed by atoms with Gasteiger partial charge in [-0.3, -0.25) is 9.69 Å². The highest BCUT2D eigenvalue weighted by atomic mass is 32.2. The minimum Gasteiger partial charge on any atom is -0.353 e. The first kappa shape index (κ1) is 15.4. The summed E-state index contributed by atoms with van der Waals surface area (Å²) in [7, 11) is 0. The summed E-state index contributed by atoms with van der Waals surface area (Å²) in [5.41, 5.74) is 8.01. The van der Waals surface area contributed by atoms with Crippen LogP contribution in [-0.2, 0) is 4.79 Å². The van der Waals surface area contributed by atoms with Gasteiger partial charge in [-0.2, -0.15) is 11.8 Å². The maximum atomic E-state index is 12.0. The number of nitrogens with two attached hydrogens (primary N) is 1. The van der Waals surface area contributed by atoms with Crippen LogP contribution in [0.2, 0.25) is 0 Å². The molecule has 0 saturated carbocycles. The minimum atomic E-state index is -0.576. The van der Waals surface area contributed by atoms with Gasteiger partial charge < -0.3 is 11.1 Å². The molecule has 0 aromatic heterocycles. The van der Waals surface area contributed by atoms with Crippen molar-refractivity contribution in [3.63, 3.8) is 0 Å². The lowest BCUT2D eigenvalue weighted by Crippen LogP contribution is -2.41. The van der Waals surface area contributed by atoms with Crippen LogP contribution in [-0.4, -0.2) is 48.5 Å². The Bertz CT molecular complexity index is 429. The molecule has 110 valence electrons. The predicted molar refractivity (Wildman–Crippen MR) is 84.9 cm³/mol. The van der Waals surface area contributed by atoms with E-state index in [1.165, 1.54) is 17.1 Å². The topological polar surface area (TPSA) is 58.4 Å². The van der Waals surface area contributed by atoms with Crippen molar-refractivity contribution in [2.24, 2.45) is 5.73 Å². The standard InChI is InChI=1S/C15H23N3OS/c1-12-2-4-13(5-3-12)14(16)15(19)17-6-7-18-8-10-20-11-9-18/h2-5,14H,6-11,16H2,1H3,(H,17,19). The summed E-state index contributed by atoms with van der Waals surface area (Å²) in [6.07, 6.45) is 0. The Kier molecular flexibility index (Phi) is 5.88. The van der Waals surface area contributed by atoms with Gasteiger partial charge >= 0.3 is 0 Å². The Labute approximate surface area is 125 Å². The number of carbonyl (C=O) groups excluding carboxylic acids is 1. The van der Waals surface area contributed by atoms with Crippen LogP contribution in [0.4, 0.5) is 0 Å². The summed E-state index contributed by atoms with van der Waals surface area (Å²) in [6, 6.07) is 7.22. The number of nitrogens with one attached hydrogen (secondary N) is 1. The second-order valence-electron chi connectivity index (χ2n) is 5.13. The summed E-state index contributed by atoms with van der Waals surface area (Å²) in [6.45, 7) is 5.83. The number of hydrogen-bond acceptors (Lipinski definition) is 4. The first-order valence-electron chi connectivity index (χ1n) is 7.07. The van der Waals surface area contributed by atoms with Gasteiger partial charge in [-0.05, 0) is 12.5 Å². The van der Waals surface area contributed by atoms with Crippen molar-refractivity contribution in [2.75, 3.05) is 37.7 Å². The third kappa shape index (κ3) is 4.51. The van der Waals surface area contributed by atoms with E-state index in [2.05, 4.69) is 10.2 Å². The van der Waals surface area contributed by atoms with Gasteiger partial charge in [0.05, 0.1) is 0 Å². The summed E-state index contributed by atoms with van der Waals surface area (Å²) in [5, 5.41) is 2.93. The SMILES string of the molecule is Cc1ccc(C(N)C(=O)NCCN2CCSCC2)cc1. The van der Waals surface area contributed by atoms with E-state index in [0.29, 0.717) is 6.54 Å². The molecule has 20 heavy (non-hydrogen) atoms. The molecule has 1 aromatic carbocycles. The van der Waals surface area contributed by atoms with Crippen LogP contribution in [0, 0.1) is 6.92 Å². The lowest BCUT2D eigenvalue weighted by Gasteiger charge is -2.26. The fraction of sp³-hybridized carbons (Fsp3) is 0.533. The van der Waals surface area contributed by atoms with Crippen LogP contribution in [0.1, 0.15) is 17.2 Å². The van der Waals surface area contributed by atoms with Crippen LogP contribution in [0.15, 0.2) is 24.3 Å². The van der Waals surface area contributed by atoms with Gasteiger partial charge in [0.2, 0.25) is 5.91 Å². The third-order valence-corrected chi connectivity index (χ3v) is 4.49. The highest BCUT2D eigenvalue weighted by Gasteiger charge is 2.16. The lowest BCUT2D eigenvalue weighted by atomic mass is 10.1. The molecule has 5 heteroatoms. The molecule has 3 N–H and O–H groups in total. The number of carbonyl (C=O) groups is 1. The quantitative estimate of drug-likeness (QED) is 0.855. The Morgan fingerprint density at radius 2 is 2.00 bits per heavy atom. The van der Waals surface area contributed by atoms with Crippen LogP contribution >= 0.6 is 11.8 Å². The molecule has 2 rings (SSSR count). The zero-order valence-electron chi connectivity index (χ0n) is 12.0. The number of aryl methyl sites for hydroxylation is 1. The summed E-state index contributed by atoms with van der Waals surface area (Å²) in [5.74, 6) is 2.29. The van der Waals surface area contributed by atoms with E-state index in [1.54, 1.807) is 0 Å². The van der Waals surface area contributed by atoms with Crippen molar-refractivity contribution < 1.29 is 4.79 Å². The van der Waals surface area contributed by atoms with E-state index in [1.807, 2.05) is 43.0 Å². The first-order valence-corrected chi connectivity index (χ1v) is 8.22. The molecule has 1 atom stereocenters. The molecule has 1 unspecified atom stereocenters. The summed E-state index contributed by atoms with van der Waals surface area (Å²) >= 11 is 1.99. The Balaban J connectivity index is 1.74. The second kappa shape index (κ2) is 7.67. The van der Waals surface area contributed by atoms with Crippen molar-refractivity contribution in [3.05, 3.63) is 35.4 Å². The maximum Gasteiger partial charge on any atom is 0.241 e. The van der Waals surface area contributed by atoms with E-state index in [-0.39, 0.29) is 5.91 Å². The normalized spacial score (nSPS) is 17.7. The van der Waals surface area contributed by atoms with Gasteiger partial charge in [0.15, 0.2) is 0 Å². The van der Waals surface area contributed by atoms with Crippen LogP contribution in [0.5, 0.6) is 0 Å². The van der Waals surface area contributed by atoms with E-state index < -0.39 is 6.04 Å². The Morgan fingerprint density at radius 1 is 1.35 bits per heavy atom. The highest BCUT2D eigenvalue weighted by molar-refractivity contribution is 7.99. The van der Waals surface area contributed by atoms with Crippen molar-refractivity contribution in [2.45, 2.75) is 13.0 Å². The molecule has 0 bridgehead atoms. The molecular formula is C15H23N3OS. The predicted octanol–water partition coefficient (Wildman–Crippen LogP) is 1.16. The lowest BCUT2D eigenvalue weighted by molar-refractivity contribution is -0.122. The molecule has 1 aliphatic rings. The first-order chi connectivity index (χ1) is 9.66. The minimum absolute atomic E-state index is 0.0970. The molecule has 1 amide bonds. The smallest absolute Gasteiger partial charge is 0.241 e. The van der Waals surface area contributed by atoms with Crippen molar-refractivity contribution in [1.82, 2.24) is 10.2 Å². The number of amides is 1. The molecule has 1 fully saturated rings. The number of benzene rings is 1. The third-order valence-electron chi connectivity index (χ3n) is 3.55. The average Bonchev–Trinajstić information content (AvgIpc) is 2.48. The van der Waals surface area contributed by atoms with Gasteiger partial charge in [0.25, 0.3) is 0 Å². The molecule has 0 radical (unpaired) electrons. The number of rotatable bonds is 5.